The topological polar surface area (TPSA) is 20.2 Å². The Morgan fingerprint density at radius 2 is 1.79 bits per heavy atom. The molecule has 3 rings (SSSR count). The van der Waals surface area contributed by atoms with Gasteiger partial charge in [-0.2, -0.15) is 0 Å². The summed E-state index contributed by atoms with van der Waals surface area (Å²) in [6.07, 6.45) is -0.545. The minimum Gasteiger partial charge on any atom is -0.384 e. The number of rotatable bonds is 2. The van der Waals surface area contributed by atoms with Gasteiger partial charge < -0.3 is 5.11 Å². The van der Waals surface area contributed by atoms with Crippen LogP contribution >= 0.6 is 11.3 Å². The average Bonchev–Trinajstić information content (AvgIpc) is 2.84. The first-order valence-corrected chi connectivity index (χ1v) is 7.26. The fourth-order valence-electron chi connectivity index (χ4n) is 2.43. The van der Waals surface area contributed by atoms with Crippen LogP contribution in [-0.4, -0.2) is 5.11 Å². The molecule has 19 heavy (non-hydrogen) atoms. The van der Waals surface area contributed by atoms with E-state index in [4.69, 9.17) is 0 Å². The van der Waals surface area contributed by atoms with Gasteiger partial charge in [0, 0.05) is 10.3 Å². The van der Waals surface area contributed by atoms with Crippen molar-refractivity contribution in [1.82, 2.24) is 0 Å². The van der Waals surface area contributed by atoms with Crippen LogP contribution in [-0.2, 0) is 0 Å². The van der Waals surface area contributed by atoms with Gasteiger partial charge in [0.1, 0.15) is 6.10 Å². The number of hydrogen-bond acceptors (Lipinski definition) is 2. The molecule has 3 aromatic rings. The van der Waals surface area contributed by atoms with Gasteiger partial charge in [-0.3, -0.25) is 0 Å². The van der Waals surface area contributed by atoms with Crippen LogP contribution < -0.4 is 0 Å². The fourth-order valence-corrected chi connectivity index (χ4v) is 3.41. The van der Waals surface area contributed by atoms with E-state index in [1.165, 1.54) is 10.3 Å². The third-order valence-corrected chi connectivity index (χ3v) is 4.52. The van der Waals surface area contributed by atoms with Gasteiger partial charge in [-0.25, -0.2) is 0 Å². The van der Waals surface area contributed by atoms with E-state index < -0.39 is 6.10 Å². The first-order valence-electron chi connectivity index (χ1n) is 6.38. The number of aryl methyl sites for hydroxylation is 2. The molecule has 0 saturated heterocycles. The second-order valence-electron chi connectivity index (χ2n) is 4.95. The summed E-state index contributed by atoms with van der Waals surface area (Å²) in [4.78, 5) is 0. The Bertz CT molecular complexity index is 727. The van der Waals surface area contributed by atoms with E-state index in [1.54, 1.807) is 11.3 Å². The lowest BCUT2D eigenvalue weighted by atomic mass is 9.95. The van der Waals surface area contributed by atoms with Crippen LogP contribution in [0.15, 0.2) is 47.8 Å². The zero-order valence-electron chi connectivity index (χ0n) is 11.1. The standard InChI is InChI=1S/C17H16OS/c1-11-7-8-12(2)14(9-11)17(18)15-10-19-16-6-4-3-5-13(15)16/h3-10,17-18H,1-2H3. The van der Waals surface area contributed by atoms with Gasteiger partial charge in [0.15, 0.2) is 0 Å². The zero-order valence-corrected chi connectivity index (χ0v) is 11.9. The van der Waals surface area contributed by atoms with E-state index in [9.17, 15) is 5.11 Å². The van der Waals surface area contributed by atoms with Crippen molar-refractivity contribution in [3.8, 4) is 0 Å². The summed E-state index contributed by atoms with van der Waals surface area (Å²) in [6.45, 7) is 4.11. The molecule has 0 aliphatic rings. The molecule has 0 saturated carbocycles. The monoisotopic (exact) mass is 268 g/mol. The molecular weight excluding hydrogens is 252 g/mol. The third kappa shape index (κ3) is 2.18. The second-order valence-corrected chi connectivity index (χ2v) is 5.86. The average molecular weight is 268 g/mol. The fraction of sp³-hybridized carbons (Fsp3) is 0.176. The molecular formula is C17H16OS. The van der Waals surface area contributed by atoms with E-state index >= 15 is 0 Å². The summed E-state index contributed by atoms with van der Waals surface area (Å²) in [5, 5.41) is 13.9. The van der Waals surface area contributed by atoms with Crippen LogP contribution in [0.1, 0.15) is 28.4 Å². The van der Waals surface area contributed by atoms with Crippen LogP contribution in [0.25, 0.3) is 10.1 Å². The maximum absolute atomic E-state index is 10.7. The minimum absolute atomic E-state index is 0.545. The molecule has 1 unspecified atom stereocenters. The summed E-state index contributed by atoms with van der Waals surface area (Å²) in [6, 6.07) is 14.5. The predicted octanol–water partition coefficient (Wildman–Crippen LogP) is 4.60. The van der Waals surface area contributed by atoms with E-state index in [2.05, 4.69) is 42.6 Å². The normalized spacial score (nSPS) is 12.8. The van der Waals surface area contributed by atoms with Crippen LogP contribution in [0.2, 0.25) is 0 Å². The number of fused-ring (bicyclic) bond motifs is 1. The molecule has 2 aromatic carbocycles. The molecule has 96 valence electrons. The van der Waals surface area contributed by atoms with Crippen LogP contribution in [0.3, 0.4) is 0 Å². The summed E-state index contributed by atoms with van der Waals surface area (Å²) >= 11 is 1.69. The second kappa shape index (κ2) is 4.80. The van der Waals surface area contributed by atoms with E-state index in [0.717, 1.165) is 22.1 Å². The van der Waals surface area contributed by atoms with Crippen LogP contribution in [0, 0.1) is 13.8 Å². The minimum atomic E-state index is -0.545. The molecule has 0 bridgehead atoms. The molecule has 0 amide bonds. The van der Waals surface area contributed by atoms with Gasteiger partial charge in [0.2, 0.25) is 0 Å². The Morgan fingerprint density at radius 3 is 2.63 bits per heavy atom. The molecule has 0 radical (unpaired) electrons. The molecule has 0 fully saturated rings. The van der Waals surface area contributed by atoms with E-state index in [1.807, 2.05) is 19.1 Å². The Hall–Kier alpha value is -1.64. The van der Waals surface area contributed by atoms with Crippen molar-refractivity contribution in [2.45, 2.75) is 20.0 Å². The number of thiophene rings is 1. The lowest BCUT2D eigenvalue weighted by Gasteiger charge is -2.14. The largest absolute Gasteiger partial charge is 0.384 e. The lowest BCUT2D eigenvalue weighted by Crippen LogP contribution is -2.01. The molecule has 1 heterocycles. The number of hydrogen-bond donors (Lipinski definition) is 1. The summed E-state index contributed by atoms with van der Waals surface area (Å²) in [5.74, 6) is 0. The highest BCUT2D eigenvalue weighted by molar-refractivity contribution is 7.17. The molecule has 0 aliphatic heterocycles. The van der Waals surface area contributed by atoms with Crippen molar-refractivity contribution < 1.29 is 5.11 Å². The Kier molecular flexibility index (Phi) is 3.13. The van der Waals surface area contributed by atoms with Crippen molar-refractivity contribution in [1.29, 1.82) is 0 Å². The summed E-state index contributed by atoms with van der Waals surface area (Å²) in [7, 11) is 0. The molecule has 1 N–H and O–H groups in total. The quantitative estimate of drug-likeness (QED) is 0.720. The highest BCUT2D eigenvalue weighted by Crippen LogP contribution is 2.34. The van der Waals surface area contributed by atoms with Crippen molar-refractivity contribution in [3.63, 3.8) is 0 Å². The van der Waals surface area contributed by atoms with Gasteiger partial charge >= 0.3 is 0 Å². The zero-order chi connectivity index (χ0) is 13.4. The molecule has 1 aromatic heterocycles. The Morgan fingerprint density at radius 1 is 1.00 bits per heavy atom. The van der Waals surface area contributed by atoms with Crippen LogP contribution in [0.5, 0.6) is 0 Å². The van der Waals surface area contributed by atoms with Gasteiger partial charge in [-0.1, -0.05) is 42.0 Å². The molecule has 1 nitrogen and oxygen atoms in total. The molecule has 0 aliphatic carbocycles. The highest BCUT2D eigenvalue weighted by Gasteiger charge is 2.16. The highest BCUT2D eigenvalue weighted by atomic mass is 32.1. The van der Waals surface area contributed by atoms with E-state index in [-0.39, 0.29) is 0 Å². The summed E-state index contributed by atoms with van der Waals surface area (Å²) < 4.78 is 1.22. The van der Waals surface area contributed by atoms with Gasteiger partial charge in [-0.15, -0.1) is 11.3 Å². The molecule has 1 atom stereocenters. The third-order valence-electron chi connectivity index (χ3n) is 3.53. The smallest absolute Gasteiger partial charge is 0.106 e. The first-order chi connectivity index (χ1) is 9.16. The Labute approximate surface area is 117 Å². The van der Waals surface area contributed by atoms with Crippen molar-refractivity contribution >= 4 is 21.4 Å². The maximum atomic E-state index is 10.7. The van der Waals surface area contributed by atoms with Crippen molar-refractivity contribution in [3.05, 3.63) is 70.1 Å². The van der Waals surface area contributed by atoms with Gasteiger partial charge in [0.05, 0.1) is 0 Å². The lowest BCUT2D eigenvalue weighted by molar-refractivity contribution is 0.221. The van der Waals surface area contributed by atoms with Gasteiger partial charge in [-0.05, 0) is 41.8 Å². The van der Waals surface area contributed by atoms with Crippen molar-refractivity contribution in [2.24, 2.45) is 0 Å². The van der Waals surface area contributed by atoms with E-state index in [0.29, 0.717) is 0 Å². The van der Waals surface area contributed by atoms with Crippen molar-refractivity contribution in [2.75, 3.05) is 0 Å². The SMILES string of the molecule is Cc1ccc(C)c(C(O)c2csc3ccccc23)c1. The number of aliphatic hydroxyl groups excluding tert-OH is 1. The summed E-state index contributed by atoms with van der Waals surface area (Å²) in [5.41, 5.74) is 4.32. The number of benzene rings is 2. The molecule has 0 spiro atoms. The maximum Gasteiger partial charge on any atom is 0.106 e. The Balaban J connectivity index is 2.13. The first kappa shape index (κ1) is 12.4. The predicted molar refractivity (Wildman–Crippen MR) is 81.8 cm³/mol. The van der Waals surface area contributed by atoms with Gasteiger partial charge in [0.25, 0.3) is 0 Å². The molecule has 2 heteroatoms. The number of aliphatic hydroxyl groups is 1. The van der Waals surface area contributed by atoms with Crippen LogP contribution in [0.4, 0.5) is 0 Å².